The Morgan fingerprint density at radius 2 is 2.08 bits per heavy atom. The van der Waals surface area contributed by atoms with E-state index in [1.807, 2.05) is 30.3 Å². The highest BCUT2D eigenvalue weighted by Gasteiger charge is 2.40. The number of hydrazone groups is 1. The van der Waals surface area contributed by atoms with Gasteiger partial charge in [-0.25, -0.2) is 0 Å². The molecule has 1 aliphatic carbocycles. The van der Waals surface area contributed by atoms with E-state index in [0.29, 0.717) is 10.9 Å². The molecule has 3 rings (SSSR count). The van der Waals surface area contributed by atoms with E-state index in [4.69, 9.17) is 5.11 Å². The second-order valence-corrected chi connectivity index (χ2v) is 7.22. The molecule has 132 valence electrons. The van der Waals surface area contributed by atoms with E-state index in [1.165, 1.54) is 29.5 Å². The molecule has 0 saturated carbocycles. The molecule has 6 nitrogen and oxygen atoms in total. The third-order valence-electron chi connectivity index (χ3n) is 4.15. The highest BCUT2D eigenvalue weighted by atomic mass is 32.2. The summed E-state index contributed by atoms with van der Waals surface area (Å²) < 4.78 is 0. The second kappa shape index (κ2) is 8.20. The zero-order chi connectivity index (χ0) is 17.6. The van der Waals surface area contributed by atoms with Gasteiger partial charge in [-0.15, -0.1) is 5.10 Å². The Bertz CT molecular complexity index is 703. The number of carboxylic acids is 1. The summed E-state index contributed by atoms with van der Waals surface area (Å²) in [6.07, 6.45) is 7.44. The van der Waals surface area contributed by atoms with Gasteiger partial charge in [0.05, 0.1) is 12.1 Å². The molecule has 0 radical (unpaired) electrons. The van der Waals surface area contributed by atoms with Gasteiger partial charge in [0.15, 0.2) is 5.17 Å². The minimum Gasteiger partial charge on any atom is -0.481 e. The third kappa shape index (κ3) is 4.42. The van der Waals surface area contributed by atoms with Crippen LogP contribution in [0.4, 0.5) is 5.69 Å². The molecule has 7 heteroatoms. The summed E-state index contributed by atoms with van der Waals surface area (Å²) in [6.45, 7) is 0. The van der Waals surface area contributed by atoms with E-state index in [2.05, 4.69) is 16.6 Å². The fourth-order valence-electron chi connectivity index (χ4n) is 2.88. The van der Waals surface area contributed by atoms with Gasteiger partial charge in [-0.2, -0.15) is 0 Å². The lowest BCUT2D eigenvalue weighted by Gasteiger charge is -2.16. The quantitative estimate of drug-likeness (QED) is 0.788. The highest BCUT2D eigenvalue weighted by molar-refractivity contribution is 8.16. The van der Waals surface area contributed by atoms with E-state index >= 15 is 0 Å². The molecule has 0 bridgehead atoms. The second-order valence-electron chi connectivity index (χ2n) is 6.05. The first-order valence-electron chi connectivity index (χ1n) is 8.45. The van der Waals surface area contributed by atoms with Gasteiger partial charge in [0, 0.05) is 5.70 Å². The summed E-state index contributed by atoms with van der Waals surface area (Å²) in [7, 11) is 0. The zero-order valence-corrected chi connectivity index (χ0v) is 14.7. The van der Waals surface area contributed by atoms with E-state index in [-0.39, 0.29) is 12.3 Å². The molecule has 1 amide bonds. The smallest absolute Gasteiger partial charge is 0.305 e. The number of carboxylic acid groups (broad SMARTS) is 1. The summed E-state index contributed by atoms with van der Waals surface area (Å²) in [5.74, 6) is -1.23. The van der Waals surface area contributed by atoms with Crippen LogP contribution in [-0.2, 0) is 9.59 Å². The number of nitrogens with zero attached hydrogens (tertiary/aromatic N) is 2. The maximum absolute atomic E-state index is 12.7. The Morgan fingerprint density at radius 3 is 2.84 bits per heavy atom. The Kier molecular flexibility index (Phi) is 5.75. The predicted octanol–water partition coefficient (Wildman–Crippen LogP) is 3.32. The Morgan fingerprint density at radius 1 is 1.28 bits per heavy atom. The molecular weight excluding hydrogens is 338 g/mol. The number of hydrogen-bond donors (Lipinski definition) is 2. The van der Waals surface area contributed by atoms with Gasteiger partial charge >= 0.3 is 5.97 Å². The normalized spacial score (nSPS) is 22.6. The molecule has 1 aromatic rings. The lowest BCUT2D eigenvalue weighted by Crippen LogP contribution is -2.33. The molecular formula is C18H21N3O3S. The van der Waals surface area contributed by atoms with Crippen LogP contribution in [0, 0.1) is 0 Å². The van der Waals surface area contributed by atoms with E-state index in [9.17, 15) is 9.59 Å². The lowest BCUT2D eigenvalue weighted by molar-refractivity contribution is -0.138. The van der Waals surface area contributed by atoms with E-state index < -0.39 is 11.2 Å². The van der Waals surface area contributed by atoms with Gasteiger partial charge in [-0.1, -0.05) is 42.5 Å². The zero-order valence-electron chi connectivity index (χ0n) is 13.9. The van der Waals surface area contributed by atoms with Crippen LogP contribution in [0.15, 0.2) is 47.2 Å². The number of amides is 1. The van der Waals surface area contributed by atoms with E-state index in [0.717, 1.165) is 25.0 Å². The van der Waals surface area contributed by atoms with Gasteiger partial charge in [-0.3, -0.25) is 19.9 Å². The largest absolute Gasteiger partial charge is 0.481 e. The summed E-state index contributed by atoms with van der Waals surface area (Å²) in [6, 6.07) is 9.20. The molecule has 25 heavy (non-hydrogen) atoms. The maximum atomic E-state index is 12.7. The Balaban J connectivity index is 1.83. The van der Waals surface area contributed by atoms with Crippen molar-refractivity contribution in [2.24, 2.45) is 5.10 Å². The summed E-state index contributed by atoms with van der Waals surface area (Å²) in [5, 5.41) is 13.3. The standard InChI is InChI=1S/C18H21N3O3S/c22-16(23)12-15-17(24)21(14-10-6-3-7-11-14)18(25-15)20-19-13-8-4-1-2-5-9-13/h3,6-8,10-11,15,19H,1-2,4-5,9,12H2,(H,22,23)/b20-18-/t15-/m0/s1. The minimum absolute atomic E-state index is 0.214. The Labute approximate surface area is 151 Å². The molecule has 1 fully saturated rings. The van der Waals surface area contributed by atoms with Crippen molar-refractivity contribution in [1.29, 1.82) is 0 Å². The van der Waals surface area contributed by atoms with Crippen molar-refractivity contribution >= 4 is 34.5 Å². The van der Waals surface area contributed by atoms with Gasteiger partial charge in [-0.05, 0) is 37.8 Å². The summed E-state index contributed by atoms with van der Waals surface area (Å²) in [5.41, 5.74) is 4.84. The number of amidine groups is 1. The first-order valence-corrected chi connectivity index (χ1v) is 9.33. The summed E-state index contributed by atoms with van der Waals surface area (Å²) in [4.78, 5) is 25.2. The van der Waals surface area contributed by atoms with Crippen LogP contribution in [0.3, 0.4) is 0 Å². The van der Waals surface area contributed by atoms with Crippen LogP contribution >= 0.6 is 11.8 Å². The highest BCUT2D eigenvalue weighted by Crippen LogP contribution is 2.33. The molecule has 0 aromatic heterocycles. The number of hydrogen-bond acceptors (Lipinski definition) is 5. The first-order chi connectivity index (χ1) is 12.1. The number of anilines is 1. The molecule has 1 heterocycles. The number of thioether (sulfide) groups is 1. The van der Waals surface area contributed by atoms with Crippen LogP contribution in [0.5, 0.6) is 0 Å². The summed E-state index contributed by atoms with van der Waals surface area (Å²) >= 11 is 1.20. The van der Waals surface area contributed by atoms with Crippen molar-refractivity contribution < 1.29 is 14.7 Å². The molecule has 1 atom stereocenters. The van der Waals surface area contributed by atoms with Crippen LogP contribution in [0.1, 0.15) is 38.5 Å². The number of aliphatic carboxylic acids is 1. The molecule has 0 unspecified atom stereocenters. The van der Waals surface area contributed by atoms with Gasteiger partial charge in [0.25, 0.3) is 0 Å². The van der Waals surface area contributed by atoms with Crippen molar-refractivity contribution in [2.45, 2.75) is 43.8 Å². The number of allylic oxidation sites excluding steroid dienone is 2. The van der Waals surface area contributed by atoms with Crippen LogP contribution in [0.2, 0.25) is 0 Å². The Hall–Kier alpha value is -2.28. The number of rotatable bonds is 5. The third-order valence-corrected chi connectivity index (χ3v) is 5.28. The van der Waals surface area contributed by atoms with Gasteiger partial charge in [0.2, 0.25) is 5.91 Å². The van der Waals surface area contributed by atoms with Crippen LogP contribution in [0.25, 0.3) is 0 Å². The number of nitrogens with one attached hydrogen (secondary N) is 1. The van der Waals surface area contributed by atoms with Crippen molar-refractivity contribution in [3.05, 3.63) is 42.1 Å². The minimum atomic E-state index is -0.987. The van der Waals surface area contributed by atoms with Crippen molar-refractivity contribution in [2.75, 3.05) is 4.90 Å². The van der Waals surface area contributed by atoms with E-state index in [1.54, 1.807) is 0 Å². The fraction of sp³-hybridized carbons (Fsp3) is 0.389. The van der Waals surface area contributed by atoms with Crippen molar-refractivity contribution in [3.63, 3.8) is 0 Å². The monoisotopic (exact) mass is 359 g/mol. The fourth-order valence-corrected chi connectivity index (χ4v) is 3.97. The van der Waals surface area contributed by atoms with Gasteiger partial charge in [0.1, 0.15) is 5.25 Å². The number of para-hydroxylation sites is 1. The average Bonchev–Trinajstić information content (AvgIpc) is 2.78. The average molecular weight is 359 g/mol. The lowest BCUT2D eigenvalue weighted by atomic mass is 10.2. The van der Waals surface area contributed by atoms with Crippen LogP contribution < -0.4 is 10.3 Å². The van der Waals surface area contributed by atoms with Crippen LogP contribution in [-0.4, -0.2) is 27.4 Å². The number of carbonyl (C=O) groups is 2. The molecule has 2 N–H and O–H groups in total. The topological polar surface area (TPSA) is 82.0 Å². The maximum Gasteiger partial charge on any atom is 0.305 e. The van der Waals surface area contributed by atoms with Crippen molar-refractivity contribution in [3.8, 4) is 0 Å². The van der Waals surface area contributed by atoms with Crippen molar-refractivity contribution in [1.82, 2.24) is 5.43 Å². The molecule has 1 saturated heterocycles. The predicted molar refractivity (Wildman–Crippen MR) is 99.3 cm³/mol. The molecule has 2 aliphatic rings. The molecule has 0 spiro atoms. The number of benzene rings is 1. The first kappa shape index (κ1) is 17.5. The molecule has 1 aliphatic heterocycles. The molecule has 1 aromatic carbocycles. The van der Waals surface area contributed by atoms with Gasteiger partial charge < -0.3 is 5.11 Å². The number of carbonyl (C=O) groups excluding carboxylic acids is 1. The SMILES string of the molecule is O=C(O)C[C@@H]1S/C(=N\NC2=CCCCCC2)N(c2ccccc2)C1=O.